The number of nitrogens with one attached hydrogen (secondary N) is 1. The van der Waals surface area contributed by atoms with Gasteiger partial charge < -0.3 is 11.1 Å². The molecule has 3 nitrogen and oxygen atoms in total. The molecule has 0 saturated carbocycles. The van der Waals surface area contributed by atoms with Crippen LogP contribution in [-0.2, 0) is 4.79 Å². The number of nitrogen functional groups attached to an aromatic ring is 1. The van der Waals surface area contributed by atoms with Gasteiger partial charge in [-0.3, -0.25) is 4.79 Å². The molecule has 0 saturated heterocycles. The van der Waals surface area contributed by atoms with Crippen molar-refractivity contribution in [3.05, 3.63) is 24.0 Å². The van der Waals surface area contributed by atoms with E-state index in [0.29, 0.717) is 18.0 Å². The number of hydrogen-bond acceptors (Lipinski definition) is 2. The van der Waals surface area contributed by atoms with Crippen LogP contribution in [0.2, 0.25) is 0 Å². The lowest BCUT2D eigenvalue weighted by Crippen LogP contribution is -2.14. The van der Waals surface area contributed by atoms with Gasteiger partial charge in [-0.05, 0) is 24.1 Å². The van der Waals surface area contributed by atoms with Crippen LogP contribution in [0.5, 0.6) is 0 Å². The van der Waals surface area contributed by atoms with Gasteiger partial charge in [-0.1, -0.05) is 13.8 Å². The summed E-state index contributed by atoms with van der Waals surface area (Å²) in [5, 5.41) is 2.66. The Labute approximate surface area is 88.5 Å². The first-order valence-electron chi connectivity index (χ1n) is 4.84. The topological polar surface area (TPSA) is 55.1 Å². The summed E-state index contributed by atoms with van der Waals surface area (Å²) < 4.78 is 12.8. The molecule has 3 N–H and O–H groups in total. The molecule has 0 fully saturated rings. The van der Waals surface area contributed by atoms with Gasteiger partial charge in [-0.25, -0.2) is 4.39 Å². The number of carbonyl (C=O) groups excluding carboxylic acids is 1. The van der Waals surface area contributed by atoms with E-state index in [9.17, 15) is 9.18 Å². The van der Waals surface area contributed by atoms with Crippen LogP contribution in [0.25, 0.3) is 0 Å². The molecular weight excluding hydrogens is 195 g/mol. The van der Waals surface area contributed by atoms with Crippen LogP contribution in [-0.4, -0.2) is 5.91 Å². The van der Waals surface area contributed by atoms with Crippen molar-refractivity contribution >= 4 is 17.3 Å². The van der Waals surface area contributed by atoms with Gasteiger partial charge in [0.2, 0.25) is 5.91 Å². The number of rotatable bonds is 3. The predicted octanol–water partition coefficient (Wildman–Crippen LogP) is 2.39. The van der Waals surface area contributed by atoms with Gasteiger partial charge in [-0.2, -0.15) is 0 Å². The van der Waals surface area contributed by atoms with Crippen molar-refractivity contribution in [2.24, 2.45) is 5.92 Å². The maximum absolute atomic E-state index is 12.8. The molecule has 0 aliphatic carbocycles. The van der Waals surface area contributed by atoms with Crippen molar-refractivity contribution in [3.8, 4) is 0 Å². The summed E-state index contributed by atoms with van der Waals surface area (Å²) >= 11 is 0. The van der Waals surface area contributed by atoms with Crippen LogP contribution >= 0.6 is 0 Å². The number of hydrogen-bond donors (Lipinski definition) is 2. The Kier molecular flexibility index (Phi) is 3.66. The average Bonchev–Trinajstić information content (AvgIpc) is 2.10. The lowest BCUT2D eigenvalue weighted by Gasteiger charge is -2.07. The molecule has 0 unspecified atom stereocenters. The molecule has 1 amide bonds. The molecule has 15 heavy (non-hydrogen) atoms. The van der Waals surface area contributed by atoms with Crippen molar-refractivity contribution in [2.45, 2.75) is 20.3 Å². The normalized spacial score (nSPS) is 10.4. The second-order valence-electron chi connectivity index (χ2n) is 3.88. The minimum Gasteiger partial charge on any atom is -0.396 e. The van der Waals surface area contributed by atoms with Gasteiger partial charge in [0.05, 0.1) is 5.69 Å². The van der Waals surface area contributed by atoms with E-state index < -0.39 is 5.82 Å². The molecule has 1 rings (SSSR count). The van der Waals surface area contributed by atoms with Crippen molar-refractivity contribution in [2.75, 3.05) is 11.1 Å². The first kappa shape index (κ1) is 11.5. The van der Waals surface area contributed by atoms with E-state index >= 15 is 0 Å². The Balaban J connectivity index is 2.65. The van der Waals surface area contributed by atoms with Crippen molar-refractivity contribution in [1.82, 2.24) is 0 Å². The van der Waals surface area contributed by atoms with Crippen LogP contribution in [0.4, 0.5) is 15.8 Å². The van der Waals surface area contributed by atoms with E-state index in [-0.39, 0.29) is 11.6 Å². The second kappa shape index (κ2) is 4.77. The third-order valence-corrected chi connectivity index (χ3v) is 1.87. The minimum absolute atomic E-state index is 0.0392. The third kappa shape index (κ3) is 3.58. The van der Waals surface area contributed by atoms with Crippen LogP contribution in [0.3, 0.4) is 0 Å². The molecule has 0 aliphatic heterocycles. The Morgan fingerprint density at radius 3 is 2.73 bits per heavy atom. The number of halogens is 1. The van der Waals surface area contributed by atoms with Gasteiger partial charge in [0, 0.05) is 12.1 Å². The van der Waals surface area contributed by atoms with E-state index in [4.69, 9.17) is 5.73 Å². The Hall–Kier alpha value is -1.58. The van der Waals surface area contributed by atoms with E-state index in [1.54, 1.807) is 0 Å². The Morgan fingerprint density at radius 2 is 2.20 bits per heavy atom. The fourth-order valence-corrected chi connectivity index (χ4v) is 1.20. The maximum Gasteiger partial charge on any atom is 0.224 e. The molecule has 0 spiro atoms. The zero-order valence-corrected chi connectivity index (χ0v) is 8.88. The fourth-order valence-electron chi connectivity index (χ4n) is 1.20. The SMILES string of the molecule is CC(C)CC(=O)Nc1ccc(F)c(N)c1. The molecule has 4 heteroatoms. The van der Waals surface area contributed by atoms with E-state index in [1.165, 1.54) is 18.2 Å². The highest BCUT2D eigenvalue weighted by molar-refractivity contribution is 5.91. The van der Waals surface area contributed by atoms with Crippen LogP contribution in [0.1, 0.15) is 20.3 Å². The van der Waals surface area contributed by atoms with Crippen LogP contribution in [0, 0.1) is 11.7 Å². The highest BCUT2D eigenvalue weighted by Crippen LogP contribution is 2.16. The number of benzene rings is 1. The van der Waals surface area contributed by atoms with Crippen LogP contribution < -0.4 is 11.1 Å². The van der Waals surface area contributed by atoms with Gasteiger partial charge in [0.15, 0.2) is 0 Å². The van der Waals surface area contributed by atoms with Gasteiger partial charge in [0.1, 0.15) is 5.82 Å². The summed E-state index contributed by atoms with van der Waals surface area (Å²) in [6, 6.07) is 4.14. The van der Waals surface area contributed by atoms with Gasteiger partial charge >= 0.3 is 0 Å². The van der Waals surface area contributed by atoms with E-state index in [1.807, 2.05) is 13.8 Å². The zero-order chi connectivity index (χ0) is 11.4. The lowest BCUT2D eigenvalue weighted by molar-refractivity contribution is -0.116. The second-order valence-corrected chi connectivity index (χ2v) is 3.88. The summed E-state index contributed by atoms with van der Waals surface area (Å²) in [7, 11) is 0. The van der Waals surface area contributed by atoms with Crippen molar-refractivity contribution < 1.29 is 9.18 Å². The molecule has 1 aromatic carbocycles. The monoisotopic (exact) mass is 210 g/mol. The number of amides is 1. The fraction of sp³-hybridized carbons (Fsp3) is 0.364. The number of carbonyl (C=O) groups is 1. The molecule has 1 aromatic rings. The van der Waals surface area contributed by atoms with Gasteiger partial charge in [-0.15, -0.1) is 0 Å². The van der Waals surface area contributed by atoms with Crippen molar-refractivity contribution in [3.63, 3.8) is 0 Å². The van der Waals surface area contributed by atoms with E-state index in [0.717, 1.165) is 0 Å². The zero-order valence-electron chi connectivity index (χ0n) is 8.88. The Morgan fingerprint density at radius 1 is 1.53 bits per heavy atom. The molecular formula is C11H15FN2O. The average molecular weight is 210 g/mol. The molecule has 0 aliphatic rings. The molecule has 0 radical (unpaired) electrons. The molecule has 0 bridgehead atoms. The third-order valence-electron chi connectivity index (χ3n) is 1.87. The molecule has 0 aromatic heterocycles. The van der Waals surface area contributed by atoms with Gasteiger partial charge in [0.25, 0.3) is 0 Å². The summed E-state index contributed by atoms with van der Waals surface area (Å²) in [5.41, 5.74) is 5.94. The van der Waals surface area contributed by atoms with Crippen molar-refractivity contribution in [1.29, 1.82) is 0 Å². The number of nitrogens with two attached hydrogens (primary N) is 1. The standard InChI is InChI=1S/C11H15FN2O/c1-7(2)5-11(15)14-8-3-4-9(12)10(13)6-8/h3-4,6-7H,5,13H2,1-2H3,(H,14,15). The van der Waals surface area contributed by atoms with E-state index in [2.05, 4.69) is 5.32 Å². The summed E-state index contributed by atoms with van der Waals surface area (Å²) in [4.78, 5) is 11.4. The Bertz CT molecular complexity index is 364. The van der Waals surface area contributed by atoms with Crippen LogP contribution in [0.15, 0.2) is 18.2 Å². The number of anilines is 2. The molecule has 82 valence electrons. The molecule has 0 heterocycles. The highest BCUT2D eigenvalue weighted by atomic mass is 19.1. The quantitative estimate of drug-likeness (QED) is 0.752. The summed E-state index contributed by atoms with van der Waals surface area (Å²) in [5.74, 6) is -0.268. The molecule has 0 atom stereocenters. The summed E-state index contributed by atoms with van der Waals surface area (Å²) in [6.07, 6.45) is 0.442. The first-order chi connectivity index (χ1) is 6.99. The highest BCUT2D eigenvalue weighted by Gasteiger charge is 2.06. The predicted molar refractivity (Wildman–Crippen MR) is 58.9 cm³/mol. The lowest BCUT2D eigenvalue weighted by atomic mass is 10.1. The largest absolute Gasteiger partial charge is 0.396 e. The first-order valence-corrected chi connectivity index (χ1v) is 4.84. The smallest absolute Gasteiger partial charge is 0.224 e. The maximum atomic E-state index is 12.8. The summed E-state index contributed by atoms with van der Waals surface area (Å²) in [6.45, 7) is 3.91. The minimum atomic E-state index is -0.475.